The number of benzene rings is 1. The van der Waals surface area contributed by atoms with Crippen molar-refractivity contribution in [2.24, 2.45) is 5.92 Å². The first kappa shape index (κ1) is 20.1. The molecule has 3 rings (SSSR count). The Labute approximate surface area is 151 Å². The van der Waals surface area contributed by atoms with Crippen LogP contribution in [0.5, 0.6) is 0 Å². The first-order valence-corrected chi connectivity index (χ1v) is 8.16. The third-order valence-corrected chi connectivity index (χ3v) is 4.56. The quantitative estimate of drug-likeness (QED) is 0.793. The number of halogens is 2. The summed E-state index contributed by atoms with van der Waals surface area (Å²) in [5.41, 5.74) is 2.83. The largest absolute Gasteiger partial charge is 0.371 e. The molecule has 1 unspecified atom stereocenters. The number of amides is 1. The second kappa shape index (κ2) is 10.0. The molecule has 0 bridgehead atoms. The molecule has 23 heavy (non-hydrogen) atoms. The number of para-hydroxylation sites is 1. The van der Waals surface area contributed by atoms with Crippen molar-refractivity contribution in [1.82, 2.24) is 10.6 Å². The molecule has 1 atom stereocenters. The summed E-state index contributed by atoms with van der Waals surface area (Å²) in [5.74, 6) is 0.398. The van der Waals surface area contributed by atoms with Crippen molar-refractivity contribution in [3.8, 4) is 0 Å². The highest BCUT2D eigenvalue weighted by molar-refractivity contribution is 5.85. The van der Waals surface area contributed by atoms with Crippen LogP contribution in [-0.4, -0.2) is 38.6 Å². The highest BCUT2D eigenvalue weighted by Crippen LogP contribution is 2.27. The minimum atomic E-state index is 0. The minimum absolute atomic E-state index is 0. The fourth-order valence-corrected chi connectivity index (χ4v) is 3.34. The highest BCUT2D eigenvalue weighted by Gasteiger charge is 2.21. The van der Waals surface area contributed by atoms with E-state index in [0.717, 1.165) is 58.4 Å². The molecule has 1 aromatic rings. The molecule has 2 aliphatic heterocycles. The van der Waals surface area contributed by atoms with Crippen LogP contribution in [0, 0.1) is 5.92 Å². The van der Waals surface area contributed by atoms with Gasteiger partial charge >= 0.3 is 0 Å². The maximum Gasteiger partial charge on any atom is 0.224 e. The molecular formula is C17H27Cl2N3O. The predicted molar refractivity (Wildman–Crippen MR) is 100 cm³/mol. The van der Waals surface area contributed by atoms with Gasteiger partial charge in [0.15, 0.2) is 0 Å². The zero-order chi connectivity index (χ0) is 14.5. The summed E-state index contributed by atoms with van der Waals surface area (Å²) in [6, 6.07) is 8.64. The average molecular weight is 360 g/mol. The number of hydrogen-bond acceptors (Lipinski definition) is 3. The number of rotatable bonds is 5. The molecule has 2 N–H and O–H groups in total. The molecule has 0 saturated carbocycles. The lowest BCUT2D eigenvalue weighted by molar-refractivity contribution is -0.125. The molecule has 1 fully saturated rings. The van der Waals surface area contributed by atoms with Crippen LogP contribution in [0.1, 0.15) is 24.8 Å². The molecule has 1 amide bonds. The SMILES string of the molecule is Cl.Cl.O=C(NCCCN1CCc2ccccc21)C1CCCNC1. The van der Waals surface area contributed by atoms with Gasteiger partial charge in [-0.25, -0.2) is 0 Å². The molecule has 0 aliphatic carbocycles. The Morgan fingerprint density at radius 2 is 2.13 bits per heavy atom. The maximum absolute atomic E-state index is 12.0. The van der Waals surface area contributed by atoms with E-state index in [1.165, 1.54) is 11.3 Å². The first-order valence-electron chi connectivity index (χ1n) is 8.16. The van der Waals surface area contributed by atoms with Crippen LogP contribution in [0.4, 0.5) is 5.69 Å². The van der Waals surface area contributed by atoms with Crippen molar-refractivity contribution in [3.63, 3.8) is 0 Å². The number of nitrogens with zero attached hydrogens (tertiary/aromatic N) is 1. The van der Waals surface area contributed by atoms with E-state index < -0.39 is 0 Å². The summed E-state index contributed by atoms with van der Waals surface area (Å²) >= 11 is 0. The zero-order valence-electron chi connectivity index (χ0n) is 13.4. The van der Waals surface area contributed by atoms with Gasteiger partial charge in [-0.1, -0.05) is 18.2 Å². The fraction of sp³-hybridized carbons (Fsp3) is 0.588. The number of piperidine rings is 1. The van der Waals surface area contributed by atoms with Crippen molar-refractivity contribution in [3.05, 3.63) is 29.8 Å². The van der Waals surface area contributed by atoms with Crippen molar-refractivity contribution >= 4 is 36.4 Å². The van der Waals surface area contributed by atoms with Crippen molar-refractivity contribution in [1.29, 1.82) is 0 Å². The van der Waals surface area contributed by atoms with Crippen molar-refractivity contribution in [2.75, 3.05) is 37.6 Å². The highest BCUT2D eigenvalue weighted by atomic mass is 35.5. The average Bonchev–Trinajstić information content (AvgIpc) is 2.95. The van der Waals surface area contributed by atoms with Crippen molar-refractivity contribution in [2.45, 2.75) is 25.7 Å². The lowest BCUT2D eigenvalue weighted by Crippen LogP contribution is -2.41. The molecule has 130 valence electrons. The third-order valence-electron chi connectivity index (χ3n) is 4.56. The Morgan fingerprint density at radius 1 is 1.30 bits per heavy atom. The first-order chi connectivity index (χ1) is 10.3. The molecule has 2 aliphatic rings. The van der Waals surface area contributed by atoms with Gasteiger partial charge in [-0.05, 0) is 43.9 Å². The molecule has 6 heteroatoms. The van der Waals surface area contributed by atoms with Crippen molar-refractivity contribution < 1.29 is 4.79 Å². The Balaban J connectivity index is 0.00000132. The van der Waals surface area contributed by atoms with E-state index in [2.05, 4.69) is 39.8 Å². The van der Waals surface area contributed by atoms with Gasteiger partial charge in [-0.15, -0.1) is 24.8 Å². The number of fused-ring (bicyclic) bond motifs is 1. The molecule has 4 nitrogen and oxygen atoms in total. The number of hydrogen-bond donors (Lipinski definition) is 2. The van der Waals surface area contributed by atoms with E-state index in [1.54, 1.807) is 0 Å². The third kappa shape index (κ3) is 5.27. The number of anilines is 1. The second-order valence-corrected chi connectivity index (χ2v) is 6.05. The Kier molecular flexibility index (Phi) is 8.74. The minimum Gasteiger partial charge on any atom is -0.371 e. The second-order valence-electron chi connectivity index (χ2n) is 6.05. The molecule has 1 aromatic carbocycles. The van der Waals surface area contributed by atoms with E-state index in [4.69, 9.17) is 0 Å². The fourth-order valence-electron chi connectivity index (χ4n) is 3.34. The van der Waals surface area contributed by atoms with Crippen LogP contribution in [-0.2, 0) is 11.2 Å². The lowest BCUT2D eigenvalue weighted by atomic mass is 9.99. The summed E-state index contributed by atoms with van der Waals surface area (Å²) in [6.45, 7) is 4.82. The van der Waals surface area contributed by atoms with Gasteiger partial charge in [0.1, 0.15) is 0 Å². The predicted octanol–water partition coefficient (Wildman–Crippen LogP) is 2.40. The molecule has 2 heterocycles. The summed E-state index contributed by atoms with van der Waals surface area (Å²) in [7, 11) is 0. The van der Waals surface area contributed by atoms with Gasteiger partial charge in [0, 0.05) is 31.9 Å². The van der Waals surface area contributed by atoms with Gasteiger partial charge in [-0.2, -0.15) is 0 Å². The summed E-state index contributed by atoms with van der Waals surface area (Å²) in [5, 5.41) is 6.39. The van der Waals surface area contributed by atoms with E-state index in [9.17, 15) is 4.79 Å². The standard InChI is InChI=1S/C17H25N3O.2ClH/c21-17(15-6-3-9-18-13-15)19-10-4-11-20-12-8-14-5-1-2-7-16(14)20;;/h1-2,5,7,15,18H,3-4,6,8-13H2,(H,19,21);2*1H. The smallest absolute Gasteiger partial charge is 0.224 e. The van der Waals surface area contributed by atoms with Crippen LogP contribution in [0.25, 0.3) is 0 Å². The van der Waals surface area contributed by atoms with E-state index in [-0.39, 0.29) is 36.6 Å². The molecular weight excluding hydrogens is 333 g/mol. The maximum atomic E-state index is 12.0. The molecule has 1 saturated heterocycles. The van der Waals surface area contributed by atoms with E-state index in [1.807, 2.05) is 0 Å². The van der Waals surface area contributed by atoms with Gasteiger partial charge in [0.05, 0.1) is 5.92 Å². The Bertz CT molecular complexity index is 492. The van der Waals surface area contributed by atoms with E-state index >= 15 is 0 Å². The summed E-state index contributed by atoms with van der Waals surface area (Å²) < 4.78 is 0. The molecule has 0 spiro atoms. The molecule has 0 aromatic heterocycles. The number of nitrogens with one attached hydrogen (secondary N) is 2. The van der Waals surface area contributed by atoms with Gasteiger partial charge in [0.2, 0.25) is 5.91 Å². The Hall–Kier alpha value is -0.970. The van der Waals surface area contributed by atoms with Crippen LogP contribution >= 0.6 is 24.8 Å². The van der Waals surface area contributed by atoms with Gasteiger partial charge in [0.25, 0.3) is 0 Å². The normalized spacial score (nSPS) is 19.3. The summed E-state index contributed by atoms with van der Waals surface area (Å²) in [6.07, 6.45) is 4.30. The zero-order valence-corrected chi connectivity index (χ0v) is 15.1. The van der Waals surface area contributed by atoms with Crippen LogP contribution in [0.3, 0.4) is 0 Å². The molecule has 0 radical (unpaired) electrons. The van der Waals surface area contributed by atoms with Crippen LogP contribution in [0.2, 0.25) is 0 Å². The Morgan fingerprint density at radius 3 is 2.91 bits per heavy atom. The van der Waals surface area contributed by atoms with Gasteiger partial charge in [-0.3, -0.25) is 4.79 Å². The van der Waals surface area contributed by atoms with Gasteiger partial charge < -0.3 is 15.5 Å². The van der Waals surface area contributed by atoms with Crippen LogP contribution in [0.15, 0.2) is 24.3 Å². The lowest BCUT2D eigenvalue weighted by Gasteiger charge is -2.23. The van der Waals surface area contributed by atoms with E-state index in [0.29, 0.717) is 0 Å². The summed E-state index contributed by atoms with van der Waals surface area (Å²) in [4.78, 5) is 14.5. The van der Waals surface area contributed by atoms with Crippen LogP contribution < -0.4 is 15.5 Å². The topological polar surface area (TPSA) is 44.4 Å². The monoisotopic (exact) mass is 359 g/mol. The number of carbonyl (C=O) groups excluding carboxylic acids is 1. The number of carbonyl (C=O) groups is 1.